The van der Waals surface area contributed by atoms with Crippen molar-refractivity contribution in [2.75, 3.05) is 12.4 Å². The quantitative estimate of drug-likeness (QED) is 0.291. The molecule has 0 fully saturated rings. The fourth-order valence-corrected chi connectivity index (χ4v) is 2.74. The highest BCUT2D eigenvalue weighted by Crippen LogP contribution is 2.28. The summed E-state index contributed by atoms with van der Waals surface area (Å²) in [6, 6.07) is 4.02. The van der Waals surface area contributed by atoms with Gasteiger partial charge in [0.25, 0.3) is 5.69 Å². The van der Waals surface area contributed by atoms with Crippen molar-refractivity contribution < 1.29 is 18.1 Å². The predicted octanol–water partition coefficient (Wildman–Crippen LogP) is 3.76. The van der Waals surface area contributed by atoms with Gasteiger partial charge in [-0.15, -0.1) is 0 Å². The molecular formula is C12H15Cl2NO5S. The van der Waals surface area contributed by atoms with Gasteiger partial charge < -0.3 is 4.74 Å². The second-order valence-corrected chi connectivity index (χ2v) is 7.68. The third kappa shape index (κ3) is 7.50. The Morgan fingerprint density at radius 1 is 1.19 bits per heavy atom. The molecule has 0 N–H and O–H groups in total. The minimum atomic E-state index is -3.41. The molecule has 1 rings (SSSR count). The second kappa shape index (κ2) is 8.41. The Bertz CT molecular complexity index is 591. The number of hydrogen-bond acceptors (Lipinski definition) is 5. The number of non-ortho nitro benzene ring substituents is 1. The fraction of sp³-hybridized carbons (Fsp3) is 0.500. The number of halogens is 2. The van der Waals surface area contributed by atoms with Gasteiger partial charge in [0.05, 0.1) is 22.3 Å². The summed E-state index contributed by atoms with van der Waals surface area (Å²) in [5.41, 5.74) is -0.0883. The van der Waals surface area contributed by atoms with E-state index in [0.29, 0.717) is 18.8 Å². The molecule has 118 valence electrons. The molecule has 0 aliphatic heterocycles. The fourth-order valence-electron chi connectivity index (χ4n) is 1.63. The topological polar surface area (TPSA) is 86.5 Å². The average Bonchev–Trinajstić information content (AvgIpc) is 2.37. The molecule has 21 heavy (non-hydrogen) atoms. The SMILES string of the molecule is O=[N+]([O-])c1ccc(OCCCCCCS(=O)(=O)Cl)c(Cl)c1. The van der Waals surface area contributed by atoms with Crippen LogP contribution in [0.25, 0.3) is 0 Å². The van der Waals surface area contributed by atoms with Crippen LogP contribution in [0, 0.1) is 10.1 Å². The van der Waals surface area contributed by atoms with Crippen molar-refractivity contribution in [2.45, 2.75) is 25.7 Å². The summed E-state index contributed by atoms with van der Waals surface area (Å²) in [5, 5.41) is 10.7. The van der Waals surface area contributed by atoms with Gasteiger partial charge >= 0.3 is 0 Å². The van der Waals surface area contributed by atoms with Crippen molar-refractivity contribution in [2.24, 2.45) is 0 Å². The molecule has 6 nitrogen and oxygen atoms in total. The molecule has 0 aliphatic rings. The van der Waals surface area contributed by atoms with Gasteiger partial charge in [-0.2, -0.15) is 0 Å². The molecule has 0 radical (unpaired) electrons. The highest BCUT2D eigenvalue weighted by Gasteiger charge is 2.10. The van der Waals surface area contributed by atoms with Crippen molar-refractivity contribution in [3.63, 3.8) is 0 Å². The molecule has 0 atom stereocenters. The number of nitro groups is 1. The lowest BCUT2D eigenvalue weighted by Crippen LogP contribution is -2.00. The molecule has 0 bridgehead atoms. The molecule has 0 aliphatic carbocycles. The number of nitro benzene ring substituents is 1. The van der Waals surface area contributed by atoms with Crippen LogP contribution in [-0.2, 0) is 9.05 Å². The van der Waals surface area contributed by atoms with Crippen LogP contribution in [0.1, 0.15) is 25.7 Å². The third-order valence-electron chi connectivity index (χ3n) is 2.67. The van der Waals surface area contributed by atoms with E-state index in [1.165, 1.54) is 18.2 Å². The molecule has 0 saturated carbocycles. The van der Waals surface area contributed by atoms with Gasteiger partial charge in [0.1, 0.15) is 5.75 Å². The number of ether oxygens (including phenoxy) is 1. The summed E-state index contributed by atoms with van der Waals surface area (Å²) < 4.78 is 26.8. The van der Waals surface area contributed by atoms with Gasteiger partial charge in [0.15, 0.2) is 0 Å². The summed E-state index contributed by atoms with van der Waals surface area (Å²) in [6.45, 7) is 0.408. The Balaban J connectivity index is 2.26. The third-order valence-corrected chi connectivity index (χ3v) is 4.20. The van der Waals surface area contributed by atoms with Crippen LogP contribution in [0.2, 0.25) is 5.02 Å². The van der Waals surface area contributed by atoms with Crippen LogP contribution in [0.5, 0.6) is 5.75 Å². The molecule has 0 heterocycles. The van der Waals surface area contributed by atoms with E-state index in [9.17, 15) is 18.5 Å². The second-order valence-electron chi connectivity index (χ2n) is 4.38. The van der Waals surface area contributed by atoms with Gasteiger partial charge in [-0.25, -0.2) is 8.42 Å². The minimum Gasteiger partial charge on any atom is -0.492 e. The maximum atomic E-state index is 10.7. The monoisotopic (exact) mass is 355 g/mol. The lowest BCUT2D eigenvalue weighted by molar-refractivity contribution is -0.384. The summed E-state index contributed by atoms with van der Waals surface area (Å²) in [6.07, 6.45) is 2.79. The number of nitrogens with zero attached hydrogens (tertiary/aromatic N) is 1. The number of hydrogen-bond donors (Lipinski definition) is 0. The Labute approximate surface area is 132 Å². The molecule has 1 aromatic rings. The van der Waals surface area contributed by atoms with E-state index in [0.717, 1.165) is 19.3 Å². The lowest BCUT2D eigenvalue weighted by atomic mass is 10.2. The van der Waals surface area contributed by atoms with E-state index < -0.39 is 14.0 Å². The number of rotatable bonds is 9. The first-order valence-electron chi connectivity index (χ1n) is 6.28. The first-order valence-corrected chi connectivity index (χ1v) is 9.14. The van der Waals surface area contributed by atoms with Crippen molar-refractivity contribution in [3.05, 3.63) is 33.3 Å². The van der Waals surface area contributed by atoms with Gasteiger partial charge in [0, 0.05) is 22.8 Å². The van der Waals surface area contributed by atoms with Gasteiger partial charge in [0.2, 0.25) is 9.05 Å². The van der Waals surface area contributed by atoms with E-state index >= 15 is 0 Å². The lowest BCUT2D eigenvalue weighted by Gasteiger charge is -2.07. The summed E-state index contributed by atoms with van der Waals surface area (Å²) in [5.74, 6) is 0.370. The van der Waals surface area contributed by atoms with Gasteiger partial charge in [-0.05, 0) is 18.9 Å². The number of benzene rings is 1. The number of unbranched alkanes of at least 4 members (excludes halogenated alkanes) is 3. The molecule has 1 aromatic carbocycles. The summed E-state index contributed by atoms with van der Waals surface area (Å²) in [4.78, 5) is 10.0. The standard InChI is InChI=1S/C12H15Cl2NO5S/c13-11-9-10(15(16)17)5-6-12(11)20-7-3-1-2-4-8-21(14,18)19/h5-6,9H,1-4,7-8H2. The normalized spacial score (nSPS) is 11.3. The molecule has 0 spiro atoms. The van der Waals surface area contributed by atoms with Crippen LogP contribution in [-0.4, -0.2) is 25.7 Å². The molecule has 0 amide bonds. The summed E-state index contributed by atoms with van der Waals surface area (Å²) in [7, 11) is 1.68. The Hall–Kier alpha value is -1.05. The molecule has 0 aromatic heterocycles. The molecule has 9 heteroatoms. The van der Waals surface area contributed by atoms with Gasteiger partial charge in [-0.3, -0.25) is 10.1 Å². The van der Waals surface area contributed by atoms with Crippen LogP contribution in [0.4, 0.5) is 5.69 Å². The Morgan fingerprint density at radius 3 is 2.43 bits per heavy atom. The molecule has 0 unspecified atom stereocenters. The van der Waals surface area contributed by atoms with E-state index in [1.54, 1.807) is 0 Å². The van der Waals surface area contributed by atoms with Gasteiger partial charge in [-0.1, -0.05) is 24.4 Å². The summed E-state index contributed by atoms with van der Waals surface area (Å²) >= 11 is 5.88. The van der Waals surface area contributed by atoms with E-state index in [4.69, 9.17) is 27.0 Å². The first-order chi connectivity index (χ1) is 9.79. The highest BCUT2D eigenvalue weighted by atomic mass is 35.7. The van der Waals surface area contributed by atoms with Crippen LogP contribution in [0.3, 0.4) is 0 Å². The largest absolute Gasteiger partial charge is 0.492 e. The highest BCUT2D eigenvalue weighted by molar-refractivity contribution is 8.13. The van der Waals surface area contributed by atoms with E-state index in [1.807, 2.05) is 0 Å². The zero-order valence-corrected chi connectivity index (χ0v) is 13.5. The zero-order chi connectivity index (χ0) is 15.9. The minimum absolute atomic E-state index is 0.0242. The maximum Gasteiger partial charge on any atom is 0.271 e. The van der Waals surface area contributed by atoms with Crippen molar-refractivity contribution in [3.8, 4) is 5.75 Å². The smallest absolute Gasteiger partial charge is 0.271 e. The maximum absolute atomic E-state index is 10.7. The molecular weight excluding hydrogens is 341 g/mol. The van der Waals surface area contributed by atoms with E-state index in [2.05, 4.69) is 0 Å². The van der Waals surface area contributed by atoms with Crippen molar-refractivity contribution >= 4 is 37.0 Å². The van der Waals surface area contributed by atoms with Crippen LogP contribution >= 0.6 is 22.3 Å². The predicted molar refractivity (Wildman–Crippen MR) is 81.7 cm³/mol. The van der Waals surface area contributed by atoms with Crippen LogP contribution < -0.4 is 4.74 Å². The zero-order valence-electron chi connectivity index (χ0n) is 11.1. The molecule has 0 saturated heterocycles. The van der Waals surface area contributed by atoms with E-state index in [-0.39, 0.29) is 16.5 Å². The van der Waals surface area contributed by atoms with Crippen LogP contribution in [0.15, 0.2) is 18.2 Å². The first kappa shape index (κ1) is 18.0. The Kier molecular flexibility index (Phi) is 7.21. The average molecular weight is 356 g/mol. The van der Waals surface area contributed by atoms with Crippen molar-refractivity contribution in [1.29, 1.82) is 0 Å². The van der Waals surface area contributed by atoms with Crippen molar-refractivity contribution in [1.82, 2.24) is 0 Å². The Morgan fingerprint density at radius 2 is 1.86 bits per heavy atom.